The van der Waals surface area contributed by atoms with Crippen molar-refractivity contribution in [1.29, 1.82) is 0 Å². The smallest absolute Gasteiger partial charge is 0.164 e. The maximum absolute atomic E-state index is 13.5. The Bertz CT molecular complexity index is 392. The summed E-state index contributed by atoms with van der Waals surface area (Å²) in [5.41, 5.74) is 0.261. The summed E-state index contributed by atoms with van der Waals surface area (Å²) < 4.78 is 23.8. The maximum Gasteiger partial charge on any atom is 0.164 e. The van der Waals surface area contributed by atoms with Gasteiger partial charge in [-0.05, 0) is 19.1 Å². The third-order valence-electron chi connectivity index (χ3n) is 2.45. The van der Waals surface area contributed by atoms with Crippen molar-refractivity contribution in [1.82, 2.24) is 0 Å². The highest BCUT2D eigenvalue weighted by Crippen LogP contribution is 2.21. The van der Waals surface area contributed by atoms with E-state index >= 15 is 0 Å². The Balaban J connectivity index is 2.33. The van der Waals surface area contributed by atoms with Crippen molar-refractivity contribution in [2.45, 2.75) is 19.1 Å². The molecular formula is C13H19ClFNO3. The van der Waals surface area contributed by atoms with Gasteiger partial charge in [-0.3, -0.25) is 0 Å². The summed E-state index contributed by atoms with van der Waals surface area (Å²) in [5.74, 6) is -0.523. The van der Waals surface area contributed by atoms with Crippen LogP contribution < -0.4 is 5.32 Å². The van der Waals surface area contributed by atoms with Crippen molar-refractivity contribution >= 4 is 17.3 Å². The Morgan fingerprint density at radius 1 is 1.42 bits per heavy atom. The summed E-state index contributed by atoms with van der Waals surface area (Å²) in [6.45, 7) is 2.64. The van der Waals surface area contributed by atoms with Crippen LogP contribution in [0, 0.1) is 5.82 Å². The minimum Gasteiger partial charge on any atom is -0.389 e. The van der Waals surface area contributed by atoms with E-state index in [1.165, 1.54) is 6.07 Å². The van der Waals surface area contributed by atoms with Gasteiger partial charge in [-0.15, -0.1) is 0 Å². The van der Waals surface area contributed by atoms with Crippen molar-refractivity contribution in [3.63, 3.8) is 0 Å². The predicted octanol–water partition coefficient (Wildman–Crippen LogP) is 2.30. The van der Waals surface area contributed by atoms with Gasteiger partial charge >= 0.3 is 0 Å². The lowest BCUT2D eigenvalue weighted by atomic mass is 10.3. The molecule has 108 valence electrons. The van der Waals surface area contributed by atoms with Crippen LogP contribution in [0.15, 0.2) is 18.2 Å². The number of anilines is 1. The van der Waals surface area contributed by atoms with E-state index in [-0.39, 0.29) is 30.0 Å². The van der Waals surface area contributed by atoms with E-state index in [2.05, 4.69) is 5.32 Å². The summed E-state index contributed by atoms with van der Waals surface area (Å²) in [4.78, 5) is 0. The summed E-state index contributed by atoms with van der Waals surface area (Å²) in [7, 11) is 1.58. The number of methoxy groups -OCH3 is 1. The fourth-order valence-electron chi connectivity index (χ4n) is 1.49. The highest BCUT2D eigenvalue weighted by atomic mass is 35.5. The summed E-state index contributed by atoms with van der Waals surface area (Å²) in [6.07, 6.45) is -0.833. The SMILES string of the molecule is COCC(C)OCC(O)CNc1cccc(Cl)c1F. The highest BCUT2D eigenvalue weighted by molar-refractivity contribution is 6.31. The number of benzene rings is 1. The molecule has 0 saturated heterocycles. The van der Waals surface area contributed by atoms with Crippen LogP contribution in [0.1, 0.15) is 6.92 Å². The molecule has 1 aromatic rings. The zero-order valence-corrected chi connectivity index (χ0v) is 11.8. The van der Waals surface area contributed by atoms with Gasteiger partial charge in [-0.25, -0.2) is 4.39 Å². The van der Waals surface area contributed by atoms with Crippen molar-refractivity contribution in [2.75, 3.05) is 32.2 Å². The Morgan fingerprint density at radius 3 is 2.84 bits per heavy atom. The third-order valence-corrected chi connectivity index (χ3v) is 2.75. The van der Waals surface area contributed by atoms with Crippen LogP contribution in [0.5, 0.6) is 0 Å². The van der Waals surface area contributed by atoms with E-state index in [1.54, 1.807) is 19.2 Å². The van der Waals surface area contributed by atoms with Gasteiger partial charge in [0.1, 0.15) is 0 Å². The largest absolute Gasteiger partial charge is 0.389 e. The van der Waals surface area contributed by atoms with Gasteiger partial charge in [0, 0.05) is 13.7 Å². The van der Waals surface area contributed by atoms with Crippen LogP contribution in [0.4, 0.5) is 10.1 Å². The number of aliphatic hydroxyl groups is 1. The second kappa shape index (κ2) is 8.32. The predicted molar refractivity (Wildman–Crippen MR) is 73.2 cm³/mol. The van der Waals surface area contributed by atoms with Crippen LogP contribution in [0.2, 0.25) is 5.02 Å². The molecule has 0 fully saturated rings. The number of nitrogens with one attached hydrogen (secondary N) is 1. The van der Waals surface area contributed by atoms with Crippen LogP contribution in [0.25, 0.3) is 0 Å². The van der Waals surface area contributed by atoms with Gasteiger partial charge in [0.05, 0.1) is 36.1 Å². The molecule has 0 aliphatic carbocycles. The van der Waals surface area contributed by atoms with E-state index in [0.717, 1.165) is 0 Å². The zero-order chi connectivity index (χ0) is 14.3. The standard InChI is InChI=1S/C13H19ClFNO3/c1-9(7-18-2)19-8-10(17)6-16-12-5-3-4-11(14)13(12)15/h3-5,9-10,16-17H,6-8H2,1-2H3. The molecule has 0 spiro atoms. The number of halogens is 2. The fourth-order valence-corrected chi connectivity index (χ4v) is 1.66. The monoisotopic (exact) mass is 291 g/mol. The lowest BCUT2D eigenvalue weighted by Gasteiger charge is -2.17. The van der Waals surface area contributed by atoms with E-state index in [1.807, 2.05) is 6.92 Å². The zero-order valence-electron chi connectivity index (χ0n) is 11.0. The molecule has 2 N–H and O–H groups in total. The molecule has 0 aromatic heterocycles. The molecule has 4 nitrogen and oxygen atoms in total. The lowest BCUT2D eigenvalue weighted by Crippen LogP contribution is -2.28. The minimum absolute atomic E-state index is 0.0458. The molecule has 1 aromatic carbocycles. The van der Waals surface area contributed by atoms with Crippen molar-refractivity contribution in [2.24, 2.45) is 0 Å². The number of hydrogen-bond acceptors (Lipinski definition) is 4. The van der Waals surface area contributed by atoms with E-state index in [4.69, 9.17) is 21.1 Å². The first-order valence-corrected chi connectivity index (χ1v) is 6.39. The van der Waals surface area contributed by atoms with Crippen molar-refractivity contribution < 1.29 is 19.0 Å². The van der Waals surface area contributed by atoms with Crippen molar-refractivity contribution in [3.8, 4) is 0 Å². The van der Waals surface area contributed by atoms with Gasteiger partial charge < -0.3 is 19.9 Å². The molecule has 0 bridgehead atoms. The Labute approximate surface area is 117 Å². The summed E-state index contributed by atoms with van der Waals surface area (Å²) in [5, 5.41) is 12.5. The molecule has 19 heavy (non-hydrogen) atoms. The van der Waals surface area contributed by atoms with E-state index in [9.17, 15) is 9.50 Å². The van der Waals surface area contributed by atoms with E-state index in [0.29, 0.717) is 6.61 Å². The molecule has 1 rings (SSSR count). The van der Waals surface area contributed by atoms with Gasteiger partial charge in [0.15, 0.2) is 5.82 Å². The summed E-state index contributed by atoms with van der Waals surface area (Å²) >= 11 is 5.65. The molecule has 0 amide bonds. The number of rotatable bonds is 8. The average molecular weight is 292 g/mol. The second-order valence-electron chi connectivity index (χ2n) is 4.24. The average Bonchev–Trinajstić information content (AvgIpc) is 2.38. The normalized spacial score (nSPS) is 14.2. The van der Waals surface area contributed by atoms with Crippen LogP contribution in [-0.2, 0) is 9.47 Å². The third kappa shape index (κ3) is 5.74. The first kappa shape index (κ1) is 16.2. The molecule has 2 atom stereocenters. The quantitative estimate of drug-likeness (QED) is 0.772. The Kier molecular flexibility index (Phi) is 7.09. The molecular weight excluding hydrogens is 273 g/mol. The minimum atomic E-state index is -0.738. The lowest BCUT2D eigenvalue weighted by molar-refractivity contribution is -0.0282. The number of hydrogen-bond donors (Lipinski definition) is 2. The van der Waals surface area contributed by atoms with Gasteiger partial charge in [0.2, 0.25) is 0 Å². The number of ether oxygens (including phenoxy) is 2. The molecule has 0 aliphatic rings. The number of aliphatic hydroxyl groups excluding tert-OH is 1. The first-order chi connectivity index (χ1) is 9.04. The van der Waals surface area contributed by atoms with Gasteiger partial charge in [-0.2, -0.15) is 0 Å². The Hall–Kier alpha value is -0.880. The summed E-state index contributed by atoms with van der Waals surface area (Å²) in [6, 6.07) is 4.66. The highest BCUT2D eigenvalue weighted by Gasteiger charge is 2.10. The maximum atomic E-state index is 13.5. The van der Waals surface area contributed by atoms with Crippen LogP contribution >= 0.6 is 11.6 Å². The fraction of sp³-hybridized carbons (Fsp3) is 0.538. The van der Waals surface area contributed by atoms with Crippen LogP contribution in [-0.4, -0.2) is 44.2 Å². The topological polar surface area (TPSA) is 50.7 Å². The molecule has 0 aliphatic heterocycles. The first-order valence-electron chi connectivity index (χ1n) is 6.01. The van der Waals surface area contributed by atoms with Gasteiger partial charge in [-0.1, -0.05) is 17.7 Å². The van der Waals surface area contributed by atoms with Crippen molar-refractivity contribution in [3.05, 3.63) is 29.0 Å². The molecule has 0 saturated carbocycles. The second-order valence-corrected chi connectivity index (χ2v) is 4.64. The van der Waals surface area contributed by atoms with Gasteiger partial charge in [0.25, 0.3) is 0 Å². The van der Waals surface area contributed by atoms with E-state index < -0.39 is 11.9 Å². The Morgan fingerprint density at radius 2 is 2.16 bits per heavy atom. The molecule has 0 radical (unpaired) electrons. The molecule has 2 unspecified atom stereocenters. The van der Waals surface area contributed by atoms with Crippen LogP contribution in [0.3, 0.4) is 0 Å². The molecule has 0 heterocycles. The molecule has 6 heteroatoms.